The number of nitrogens with zero attached hydrogens (tertiary/aromatic N) is 3. The molecule has 4 amide bonds. The molecule has 3 heterocycles. The summed E-state index contributed by atoms with van der Waals surface area (Å²) in [5, 5.41) is 3.92. The second-order valence-electron chi connectivity index (χ2n) is 18.7. The first-order valence-corrected chi connectivity index (χ1v) is 23.1. The van der Waals surface area contributed by atoms with Crippen molar-refractivity contribution in [3.8, 4) is 11.6 Å². The number of alkyl halides is 5. The summed E-state index contributed by atoms with van der Waals surface area (Å²) in [5.74, 6) is -6.56. The molecular formula is C42H55F5N6O9S. The molecule has 0 radical (unpaired) electrons. The van der Waals surface area contributed by atoms with E-state index in [1.165, 1.54) is 7.11 Å². The third-order valence-corrected chi connectivity index (χ3v) is 15.2. The van der Waals surface area contributed by atoms with E-state index in [2.05, 4.69) is 10.6 Å². The van der Waals surface area contributed by atoms with Gasteiger partial charge in [-0.1, -0.05) is 40.5 Å². The van der Waals surface area contributed by atoms with Crippen LogP contribution in [0.15, 0.2) is 18.2 Å². The highest BCUT2D eigenvalue weighted by molar-refractivity contribution is 7.91. The maximum atomic E-state index is 15.1. The van der Waals surface area contributed by atoms with Crippen LogP contribution in [0, 0.1) is 23.2 Å². The number of ether oxygens (including phenoxy) is 3. The van der Waals surface area contributed by atoms with E-state index in [4.69, 9.17) is 24.2 Å². The van der Waals surface area contributed by atoms with Gasteiger partial charge >= 0.3 is 12.3 Å². The molecule has 4 fully saturated rings. The molecule has 1 aromatic heterocycles. The largest absolute Gasteiger partial charge is 0.497 e. The maximum Gasteiger partial charge on any atom is 0.428 e. The Bertz CT molecular complexity index is 2220. The number of amides is 4. The van der Waals surface area contributed by atoms with Crippen molar-refractivity contribution in [3.05, 3.63) is 23.9 Å². The second kappa shape index (κ2) is 17.1. The number of fused-ring (bicyclic) bond motifs is 5. The van der Waals surface area contributed by atoms with Crippen LogP contribution in [0.25, 0.3) is 11.0 Å². The van der Waals surface area contributed by atoms with E-state index in [1.54, 1.807) is 45.9 Å². The summed E-state index contributed by atoms with van der Waals surface area (Å²) in [7, 11) is -2.75. The van der Waals surface area contributed by atoms with Crippen LogP contribution in [-0.4, -0.2) is 108 Å². The second-order valence-corrected chi connectivity index (χ2v) is 20.6. The fourth-order valence-electron chi connectivity index (χ4n) is 9.64. The summed E-state index contributed by atoms with van der Waals surface area (Å²) < 4.78 is 119. The SMILES string of the molecule is CC[C@@H]1[C@@H]2CN(C(=O)[C@H](C(C)(C)C)NC(=O)O[C@]3(C(F)(F)F)CCCC3CCCCCc3nc4ccc(OC)cc4nc3O2)[C@@H]1C(=O)N[C@]1(C(=O)NS(=O)(=O)C2CC2)C[C@H]1C(F)F. The molecule has 63 heavy (non-hydrogen) atoms. The quantitative estimate of drug-likeness (QED) is 0.274. The zero-order chi connectivity index (χ0) is 45.9. The van der Waals surface area contributed by atoms with E-state index >= 15 is 13.2 Å². The van der Waals surface area contributed by atoms with Gasteiger partial charge in [-0.25, -0.2) is 32.0 Å². The van der Waals surface area contributed by atoms with Crippen molar-refractivity contribution in [1.29, 1.82) is 0 Å². The van der Waals surface area contributed by atoms with E-state index < -0.39 is 117 Å². The molecule has 15 nitrogen and oxygen atoms in total. The highest BCUT2D eigenvalue weighted by Gasteiger charge is 2.68. The maximum absolute atomic E-state index is 15.1. The highest BCUT2D eigenvalue weighted by atomic mass is 32.2. The van der Waals surface area contributed by atoms with E-state index in [0.29, 0.717) is 41.7 Å². The third-order valence-electron chi connectivity index (χ3n) is 13.4. The molecule has 1 aromatic carbocycles. The number of aromatic nitrogens is 2. The zero-order valence-electron chi connectivity index (χ0n) is 35.9. The van der Waals surface area contributed by atoms with E-state index in [9.17, 15) is 36.4 Å². The Kier molecular flexibility index (Phi) is 12.6. The molecular weight excluding hydrogens is 860 g/mol. The number of methoxy groups -OCH3 is 1. The van der Waals surface area contributed by atoms with Crippen molar-refractivity contribution in [2.45, 2.75) is 152 Å². The number of halogens is 5. The van der Waals surface area contributed by atoms with Crippen LogP contribution in [0.3, 0.4) is 0 Å². The molecule has 21 heteroatoms. The van der Waals surface area contributed by atoms with Crippen molar-refractivity contribution in [3.63, 3.8) is 0 Å². The van der Waals surface area contributed by atoms with Gasteiger partial charge in [0.2, 0.25) is 39.7 Å². The smallest absolute Gasteiger partial charge is 0.428 e. The number of sulfonamides is 1. The van der Waals surface area contributed by atoms with Crippen molar-refractivity contribution >= 4 is 44.9 Å². The average Bonchev–Trinajstić information content (AvgIpc) is 4.11. The summed E-state index contributed by atoms with van der Waals surface area (Å²) in [5.41, 5.74) is -5.08. The Hall–Kier alpha value is -4.56. The fourth-order valence-corrected chi connectivity index (χ4v) is 11.0. The summed E-state index contributed by atoms with van der Waals surface area (Å²) in [6.07, 6.45) is -8.95. The normalized spacial score (nSPS) is 30.9. The number of benzene rings is 1. The number of hydrogen-bond donors (Lipinski definition) is 3. The molecule has 0 spiro atoms. The first-order valence-electron chi connectivity index (χ1n) is 21.6. The lowest BCUT2D eigenvalue weighted by Gasteiger charge is -2.39. The third kappa shape index (κ3) is 9.08. The summed E-state index contributed by atoms with van der Waals surface area (Å²) in [6, 6.07) is 1.86. The molecule has 5 aliphatic rings. The molecule has 1 unspecified atom stereocenters. The fraction of sp³-hybridized carbons (Fsp3) is 0.714. The summed E-state index contributed by atoms with van der Waals surface area (Å²) >= 11 is 0. The predicted octanol–water partition coefficient (Wildman–Crippen LogP) is 5.73. The van der Waals surface area contributed by atoms with Crippen LogP contribution in [0.4, 0.5) is 26.7 Å². The Morgan fingerprint density at radius 1 is 1.03 bits per heavy atom. The summed E-state index contributed by atoms with van der Waals surface area (Å²) in [6.45, 7) is 5.99. The Labute approximate surface area is 362 Å². The number of hydrogen-bond acceptors (Lipinski definition) is 11. The molecule has 1 saturated heterocycles. The molecule has 3 saturated carbocycles. The molecule has 7 rings (SSSR count). The van der Waals surface area contributed by atoms with E-state index in [1.807, 2.05) is 4.72 Å². The lowest BCUT2D eigenvalue weighted by molar-refractivity contribution is -0.271. The monoisotopic (exact) mass is 914 g/mol. The number of carbonyl (C=O) groups is 4. The Morgan fingerprint density at radius 3 is 2.37 bits per heavy atom. The molecule has 3 N–H and O–H groups in total. The molecule has 2 aliphatic heterocycles. The van der Waals surface area contributed by atoms with Gasteiger partial charge < -0.3 is 29.7 Å². The van der Waals surface area contributed by atoms with Gasteiger partial charge in [0.15, 0.2) is 0 Å². The lowest BCUT2D eigenvalue weighted by Crippen LogP contribution is -2.62. The van der Waals surface area contributed by atoms with Gasteiger partial charge in [-0.05, 0) is 81.8 Å². The van der Waals surface area contributed by atoms with E-state index in [-0.39, 0.29) is 57.4 Å². The van der Waals surface area contributed by atoms with Gasteiger partial charge in [-0.3, -0.25) is 19.1 Å². The molecule has 8 atom stereocenters. The first-order chi connectivity index (χ1) is 29.5. The van der Waals surface area contributed by atoms with Crippen LogP contribution in [0.5, 0.6) is 11.6 Å². The average molecular weight is 915 g/mol. The van der Waals surface area contributed by atoms with Crippen LogP contribution in [0.2, 0.25) is 0 Å². The minimum absolute atomic E-state index is 0.0656. The van der Waals surface area contributed by atoms with E-state index in [0.717, 1.165) is 4.90 Å². The number of nitrogens with one attached hydrogen (secondary N) is 3. The topological polar surface area (TPSA) is 195 Å². The minimum Gasteiger partial charge on any atom is -0.497 e. The standard InChI is InChI=1S/C42H55F5N6O9S/c1-6-25-30-21-53(31(25)34(54)51-40(20-26(40)33(43)44)37(56)52-63(58,59)24-15-16-24)36(55)32(39(2,3)4)50-38(57)62-41(42(45,46)47)18-10-12-22(41)11-8-7-9-13-28-35(61-30)49-29-19-23(60-5)14-17-27(29)48-28/h14,17,19,22,24-26,30-33H,6-13,15-16,18,20-21H2,1-5H3,(H,50,57)(H,51,54)(H,52,56)/t22?,25-,26+,30+,31+,32-,40-,41-/m1/s1. The zero-order valence-corrected chi connectivity index (χ0v) is 36.7. The van der Waals surface area contributed by atoms with Crippen LogP contribution >= 0.6 is 0 Å². The van der Waals surface area contributed by atoms with Gasteiger partial charge in [0.25, 0.3) is 5.91 Å². The minimum atomic E-state index is -4.94. The van der Waals surface area contributed by atoms with Gasteiger partial charge in [0, 0.05) is 17.9 Å². The van der Waals surface area contributed by atoms with Crippen LogP contribution < -0.4 is 24.8 Å². The van der Waals surface area contributed by atoms with Crippen LogP contribution in [0.1, 0.15) is 104 Å². The number of carbonyl (C=O) groups excluding carboxylic acids is 4. The van der Waals surface area contributed by atoms with Crippen molar-refractivity contribution < 1.29 is 63.8 Å². The van der Waals surface area contributed by atoms with Gasteiger partial charge in [0.05, 0.1) is 35.9 Å². The highest BCUT2D eigenvalue weighted by Crippen LogP contribution is 2.52. The molecule has 348 valence electrons. The molecule has 2 bridgehead atoms. The van der Waals surface area contributed by atoms with Crippen molar-refractivity contribution in [1.82, 2.24) is 30.2 Å². The van der Waals surface area contributed by atoms with Crippen molar-refractivity contribution in [2.75, 3.05) is 13.7 Å². The lowest BCUT2D eigenvalue weighted by atomic mass is 9.85. The van der Waals surface area contributed by atoms with Gasteiger partial charge in [0.1, 0.15) is 35.2 Å². The molecule has 3 aliphatic carbocycles. The number of rotatable bonds is 8. The first kappa shape index (κ1) is 46.4. The summed E-state index contributed by atoms with van der Waals surface area (Å²) in [4.78, 5) is 67.8. The van der Waals surface area contributed by atoms with Crippen LogP contribution in [-0.2, 0) is 35.6 Å². The van der Waals surface area contributed by atoms with Gasteiger partial charge in [-0.15, -0.1) is 0 Å². The Morgan fingerprint density at radius 2 is 1.75 bits per heavy atom. The molecule has 2 aromatic rings. The number of alkyl carbamates (subject to hydrolysis) is 1. The predicted molar refractivity (Wildman–Crippen MR) is 216 cm³/mol. The Balaban J connectivity index is 1.31. The number of aryl methyl sites for hydroxylation is 1. The van der Waals surface area contributed by atoms with Gasteiger partial charge in [-0.2, -0.15) is 13.2 Å². The van der Waals surface area contributed by atoms with Crippen molar-refractivity contribution in [2.24, 2.45) is 23.2 Å².